The zero-order valence-corrected chi connectivity index (χ0v) is 10.2. The van der Waals surface area contributed by atoms with Crippen LogP contribution in [0.2, 0.25) is 0 Å². The predicted octanol–water partition coefficient (Wildman–Crippen LogP) is 3.81. The van der Waals surface area contributed by atoms with Crippen LogP contribution in [-0.2, 0) is 0 Å². The van der Waals surface area contributed by atoms with E-state index >= 15 is 0 Å². The van der Waals surface area contributed by atoms with Crippen LogP contribution in [0.4, 0.5) is 8.78 Å². The van der Waals surface area contributed by atoms with Crippen LogP contribution < -0.4 is 0 Å². The topological polar surface area (TPSA) is 20.2 Å². The second-order valence-corrected chi connectivity index (χ2v) is 4.76. The van der Waals surface area contributed by atoms with Gasteiger partial charge in [0, 0.05) is 5.56 Å². The van der Waals surface area contributed by atoms with Crippen LogP contribution >= 0.6 is 15.9 Å². The first-order chi connectivity index (χ1) is 6.93. The molecule has 1 aromatic rings. The van der Waals surface area contributed by atoms with E-state index in [9.17, 15) is 13.9 Å². The van der Waals surface area contributed by atoms with Gasteiger partial charge in [-0.05, 0) is 34.3 Å². The molecule has 0 saturated heterocycles. The smallest absolute Gasteiger partial charge is 0.173 e. The van der Waals surface area contributed by atoms with Gasteiger partial charge in [0.15, 0.2) is 11.6 Å². The average molecular weight is 279 g/mol. The van der Waals surface area contributed by atoms with Crippen LogP contribution in [0.25, 0.3) is 0 Å². The maximum atomic E-state index is 13.4. The molecule has 1 N–H and O–H groups in total. The lowest BCUT2D eigenvalue weighted by Crippen LogP contribution is -2.06. The second kappa shape index (κ2) is 5.03. The molecule has 0 amide bonds. The van der Waals surface area contributed by atoms with Gasteiger partial charge < -0.3 is 5.11 Å². The molecule has 4 heteroatoms. The van der Waals surface area contributed by atoms with Crippen LogP contribution in [0.1, 0.15) is 31.9 Å². The number of halogens is 3. The van der Waals surface area contributed by atoms with Gasteiger partial charge in [0.1, 0.15) is 0 Å². The zero-order chi connectivity index (χ0) is 11.6. The SMILES string of the molecule is CC(C)CC(O)c1ccc(Br)c(F)c1F. The van der Waals surface area contributed by atoms with E-state index < -0.39 is 17.7 Å². The number of aliphatic hydroxyl groups excluding tert-OH is 1. The summed E-state index contributed by atoms with van der Waals surface area (Å²) in [6.07, 6.45) is -0.537. The summed E-state index contributed by atoms with van der Waals surface area (Å²) in [4.78, 5) is 0. The number of benzene rings is 1. The minimum atomic E-state index is -0.975. The molecule has 0 aliphatic carbocycles. The molecule has 1 nitrogen and oxygen atoms in total. The Morgan fingerprint density at radius 3 is 2.40 bits per heavy atom. The summed E-state index contributed by atoms with van der Waals surface area (Å²) in [5, 5.41) is 9.67. The van der Waals surface area contributed by atoms with Crippen molar-refractivity contribution in [1.29, 1.82) is 0 Å². The number of hydrogen-bond acceptors (Lipinski definition) is 1. The molecule has 1 atom stereocenters. The van der Waals surface area contributed by atoms with Crippen molar-refractivity contribution in [3.63, 3.8) is 0 Å². The molecule has 15 heavy (non-hydrogen) atoms. The lowest BCUT2D eigenvalue weighted by atomic mass is 9.99. The van der Waals surface area contributed by atoms with Crippen LogP contribution in [0.5, 0.6) is 0 Å². The molecule has 0 spiro atoms. The average Bonchev–Trinajstić information content (AvgIpc) is 2.13. The highest BCUT2D eigenvalue weighted by molar-refractivity contribution is 9.10. The van der Waals surface area contributed by atoms with E-state index in [1.165, 1.54) is 12.1 Å². The summed E-state index contributed by atoms with van der Waals surface area (Å²) >= 11 is 2.88. The van der Waals surface area contributed by atoms with Gasteiger partial charge in [0.25, 0.3) is 0 Å². The maximum absolute atomic E-state index is 13.4. The third-order valence-electron chi connectivity index (χ3n) is 2.12. The van der Waals surface area contributed by atoms with E-state index in [0.29, 0.717) is 6.42 Å². The number of aliphatic hydroxyl groups is 1. The fourth-order valence-corrected chi connectivity index (χ4v) is 1.68. The Balaban J connectivity index is 3.00. The van der Waals surface area contributed by atoms with E-state index in [4.69, 9.17) is 0 Å². The Hall–Kier alpha value is -0.480. The van der Waals surface area contributed by atoms with Crippen molar-refractivity contribution < 1.29 is 13.9 Å². The molecule has 0 fully saturated rings. The van der Waals surface area contributed by atoms with Gasteiger partial charge in [-0.3, -0.25) is 0 Å². The van der Waals surface area contributed by atoms with Crippen molar-refractivity contribution in [1.82, 2.24) is 0 Å². The summed E-state index contributed by atoms with van der Waals surface area (Å²) in [7, 11) is 0. The first kappa shape index (κ1) is 12.6. The largest absolute Gasteiger partial charge is 0.388 e. The fraction of sp³-hybridized carbons (Fsp3) is 0.455. The summed E-state index contributed by atoms with van der Waals surface area (Å²) in [6.45, 7) is 3.83. The van der Waals surface area contributed by atoms with Crippen LogP contribution in [0.3, 0.4) is 0 Å². The number of hydrogen-bond donors (Lipinski definition) is 1. The van der Waals surface area contributed by atoms with E-state index in [0.717, 1.165) is 0 Å². The Morgan fingerprint density at radius 1 is 1.27 bits per heavy atom. The van der Waals surface area contributed by atoms with Gasteiger partial charge in [0.05, 0.1) is 10.6 Å². The van der Waals surface area contributed by atoms with Gasteiger partial charge in [-0.25, -0.2) is 8.78 Å². The third-order valence-corrected chi connectivity index (χ3v) is 2.73. The first-order valence-electron chi connectivity index (χ1n) is 4.75. The molecular weight excluding hydrogens is 266 g/mol. The number of rotatable bonds is 3. The molecule has 0 radical (unpaired) electrons. The molecule has 0 saturated carbocycles. The minimum absolute atomic E-state index is 0.0180. The molecule has 0 aliphatic rings. The van der Waals surface area contributed by atoms with Crippen molar-refractivity contribution in [3.8, 4) is 0 Å². The van der Waals surface area contributed by atoms with Gasteiger partial charge >= 0.3 is 0 Å². The van der Waals surface area contributed by atoms with Crippen molar-refractivity contribution in [2.75, 3.05) is 0 Å². The van der Waals surface area contributed by atoms with Crippen molar-refractivity contribution >= 4 is 15.9 Å². The molecule has 0 aromatic heterocycles. The lowest BCUT2D eigenvalue weighted by molar-refractivity contribution is 0.145. The molecular formula is C11H13BrF2O. The monoisotopic (exact) mass is 278 g/mol. The molecule has 0 heterocycles. The van der Waals surface area contributed by atoms with Crippen molar-refractivity contribution in [3.05, 3.63) is 33.8 Å². The highest BCUT2D eigenvalue weighted by atomic mass is 79.9. The normalized spacial score (nSPS) is 13.3. The third kappa shape index (κ3) is 2.98. The zero-order valence-electron chi connectivity index (χ0n) is 8.60. The summed E-state index contributed by atoms with van der Waals surface area (Å²) < 4.78 is 26.6. The molecule has 1 rings (SSSR count). The Kier molecular flexibility index (Phi) is 4.22. The summed E-state index contributed by atoms with van der Waals surface area (Å²) in [6, 6.07) is 2.80. The molecule has 1 aromatic carbocycles. The fourth-order valence-electron chi connectivity index (χ4n) is 1.37. The molecule has 1 unspecified atom stereocenters. The Morgan fingerprint density at radius 2 is 1.87 bits per heavy atom. The minimum Gasteiger partial charge on any atom is -0.388 e. The lowest BCUT2D eigenvalue weighted by Gasteiger charge is -2.14. The Bertz CT molecular complexity index is 353. The van der Waals surface area contributed by atoms with Gasteiger partial charge in [0.2, 0.25) is 0 Å². The van der Waals surface area contributed by atoms with Crippen LogP contribution in [0, 0.1) is 17.6 Å². The highest BCUT2D eigenvalue weighted by Gasteiger charge is 2.18. The van der Waals surface area contributed by atoms with E-state index in [1.54, 1.807) is 0 Å². The predicted molar refractivity (Wildman–Crippen MR) is 58.5 cm³/mol. The standard InChI is InChI=1S/C11H13BrF2O/c1-6(2)5-9(15)7-3-4-8(12)11(14)10(7)13/h3-4,6,9,15H,5H2,1-2H3. The Labute approximate surface area is 96.2 Å². The van der Waals surface area contributed by atoms with Crippen LogP contribution in [0.15, 0.2) is 16.6 Å². The molecule has 0 bridgehead atoms. The van der Waals surface area contributed by atoms with E-state index in [2.05, 4.69) is 15.9 Å². The quantitative estimate of drug-likeness (QED) is 0.834. The summed E-state index contributed by atoms with van der Waals surface area (Å²) in [5.41, 5.74) is 0.0180. The first-order valence-corrected chi connectivity index (χ1v) is 5.54. The second-order valence-electron chi connectivity index (χ2n) is 3.91. The van der Waals surface area contributed by atoms with E-state index in [-0.39, 0.29) is 16.0 Å². The van der Waals surface area contributed by atoms with Gasteiger partial charge in [-0.1, -0.05) is 19.9 Å². The van der Waals surface area contributed by atoms with Crippen molar-refractivity contribution in [2.24, 2.45) is 5.92 Å². The highest BCUT2D eigenvalue weighted by Crippen LogP contribution is 2.28. The molecule has 0 aliphatic heterocycles. The van der Waals surface area contributed by atoms with Crippen molar-refractivity contribution in [2.45, 2.75) is 26.4 Å². The maximum Gasteiger partial charge on any atom is 0.173 e. The van der Waals surface area contributed by atoms with Gasteiger partial charge in [-0.2, -0.15) is 0 Å². The van der Waals surface area contributed by atoms with E-state index in [1.807, 2.05) is 13.8 Å². The molecule has 84 valence electrons. The van der Waals surface area contributed by atoms with Crippen LogP contribution in [-0.4, -0.2) is 5.11 Å². The van der Waals surface area contributed by atoms with Gasteiger partial charge in [-0.15, -0.1) is 0 Å². The summed E-state index contributed by atoms with van der Waals surface area (Å²) in [5.74, 6) is -1.70.